The number of likely N-dealkylation sites (tertiary alicyclic amines) is 1. The first-order valence-electron chi connectivity index (χ1n) is 13.5. The molecule has 0 saturated carbocycles. The average Bonchev–Trinajstić information content (AvgIpc) is 3.62. The number of nitrogens with one attached hydrogen (secondary N) is 1. The molecular formula is C27H30N10O6. The maximum absolute atomic E-state index is 13.4. The quantitative estimate of drug-likeness (QED) is 0.147. The summed E-state index contributed by atoms with van der Waals surface area (Å²) in [5.74, 6) is 0.501. The number of ether oxygens (including phenoxy) is 2. The van der Waals surface area contributed by atoms with Crippen molar-refractivity contribution in [3.8, 4) is 17.3 Å². The molecule has 0 spiro atoms. The SMILES string of the molecule is COc1ccc(/C=N/NC(=O)c2c(CN3CCCCC3)nnn2-c2nonc2N)cc1COc1ccc([N+](=O)[O-])c(C)c1. The number of carbonyl (C=O) groups is 1. The number of nitrogen functional groups attached to an aromatic ring is 1. The zero-order valence-corrected chi connectivity index (χ0v) is 23.6. The first-order valence-corrected chi connectivity index (χ1v) is 13.5. The van der Waals surface area contributed by atoms with Gasteiger partial charge in [-0.2, -0.15) is 9.78 Å². The van der Waals surface area contributed by atoms with E-state index < -0.39 is 10.8 Å². The van der Waals surface area contributed by atoms with Crippen molar-refractivity contribution in [2.75, 3.05) is 25.9 Å². The van der Waals surface area contributed by atoms with Gasteiger partial charge in [0.05, 0.1) is 18.2 Å². The van der Waals surface area contributed by atoms with E-state index in [-0.39, 0.29) is 29.6 Å². The minimum Gasteiger partial charge on any atom is -0.496 e. The number of hydrazone groups is 1. The molecule has 0 radical (unpaired) electrons. The molecule has 0 bridgehead atoms. The summed E-state index contributed by atoms with van der Waals surface area (Å²) in [6, 6.07) is 9.86. The van der Waals surface area contributed by atoms with E-state index in [1.807, 2.05) is 0 Å². The summed E-state index contributed by atoms with van der Waals surface area (Å²) in [6.07, 6.45) is 4.79. The van der Waals surface area contributed by atoms with E-state index in [2.05, 4.69) is 36.1 Å². The fraction of sp³-hybridized carbons (Fsp3) is 0.333. The number of methoxy groups -OCH3 is 1. The van der Waals surface area contributed by atoms with Crippen LogP contribution in [0.5, 0.6) is 11.5 Å². The third-order valence-corrected chi connectivity index (χ3v) is 6.92. The summed E-state index contributed by atoms with van der Waals surface area (Å²) < 4.78 is 17.2. The molecule has 1 fully saturated rings. The zero-order chi connectivity index (χ0) is 30.3. The van der Waals surface area contributed by atoms with Gasteiger partial charge >= 0.3 is 0 Å². The van der Waals surface area contributed by atoms with E-state index in [1.165, 1.54) is 23.4 Å². The van der Waals surface area contributed by atoms with Crippen LogP contribution in [-0.2, 0) is 13.2 Å². The van der Waals surface area contributed by atoms with Gasteiger partial charge in [-0.25, -0.2) is 10.1 Å². The van der Waals surface area contributed by atoms with Crippen LogP contribution in [0.15, 0.2) is 46.1 Å². The van der Waals surface area contributed by atoms with Gasteiger partial charge in [-0.05, 0) is 79.1 Å². The second kappa shape index (κ2) is 13.1. The van der Waals surface area contributed by atoms with Gasteiger partial charge < -0.3 is 15.2 Å². The number of aromatic nitrogens is 5. The number of amides is 1. The number of rotatable bonds is 11. The van der Waals surface area contributed by atoms with E-state index in [0.29, 0.717) is 40.4 Å². The summed E-state index contributed by atoms with van der Waals surface area (Å²) in [4.78, 5) is 26.2. The molecule has 0 atom stereocenters. The number of hydrogen-bond acceptors (Lipinski definition) is 13. The Kier molecular flexibility index (Phi) is 8.85. The van der Waals surface area contributed by atoms with Gasteiger partial charge in [0.1, 0.15) is 23.8 Å². The Balaban J connectivity index is 1.31. The standard InChI is InChI=1S/C27H30N10O6/c1-17-12-20(7-8-22(17)37(39)40)42-16-19-13-18(6-9-23(19)41-2)14-29-31-27(38)24-21(15-35-10-4-3-5-11-35)30-34-36(24)26-25(28)32-43-33-26/h6-9,12-14H,3-5,10-11,15-16H2,1-2H3,(H2,28,32)(H,31,38)/b29-14+. The molecule has 43 heavy (non-hydrogen) atoms. The van der Waals surface area contributed by atoms with Crippen LogP contribution in [0.3, 0.4) is 0 Å². The van der Waals surface area contributed by atoms with Gasteiger partial charge in [-0.15, -0.1) is 5.10 Å². The van der Waals surface area contributed by atoms with Crippen molar-refractivity contribution in [3.63, 3.8) is 0 Å². The van der Waals surface area contributed by atoms with Gasteiger partial charge in [-0.3, -0.25) is 19.8 Å². The fourth-order valence-corrected chi connectivity index (χ4v) is 4.76. The van der Waals surface area contributed by atoms with E-state index in [9.17, 15) is 14.9 Å². The summed E-state index contributed by atoms with van der Waals surface area (Å²) >= 11 is 0. The Morgan fingerprint density at radius 3 is 2.72 bits per heavy atom. The van der Waals surface area contributed by atoms with E-state index in [0.717, 1.165) is 25.9 Å². The van der Waals surface area contributed by atoms with Crippen molar-refractivity contribution < 1.29 is 23.8 Å². The van der Waals surface area contributed by atoms with Gasteiger partial charge in [0.15, 0.2) is 5.69 Å². The Hall–Kier alpha value is -5.38. The number of hydrogen-bond donors (Lipinski definition) is 2. The van der Waals surface area contributed by atoms with Crippen LogP contribution >= 0.6 is 0 Å². The van der Waals surface area contributed by atoms with Crippen LogP contribution in [0.25, 0.3) is 5.82 Å². The molecule has 16 nitrogen and oxygen atoms in total. The van der Waals surface area contributed by atoms with Crippen molar-refractivity contribution in [2.24, 2.45) is 5.10 Å². The monoisotopic (exact) mass is 590 g/mol. The van der Waals surface area contributed by atoms with E-state index in [4.69, 9.17) is 19.8 Å². The van der Waals surface area contributed by atoms with Crippen molar-refractivity contribution in [3.05, 3.63) is 74.6 Å². The second-order valence-electron chi connectivity index (χ2n) is 9.87. The lowest BCUT2D eigenvalue weighted by Gasteiger charge is -2.25. The van der Waals surface area contributed by atoms with Gasteiger partial charge in [-0.1, -0.05) is 11.6 Å². The highest BCUT2D eigenvalue weighted by Crippen LogP contribution is 2.26. The number of nitro benzene ring substituents is 1. The number of piperidine rings is 1. The summed E-state index contributed by atoms with van der Waals surface area (Å²) in [7, 11) is 1.54. The van der Waals surface area contributed by atoms with E-state index in [1.54, 1.807) is 44.4 Å². The Bertz CT molecular complexity index is 1640. The molecule has 1 aliphatic rings. The van der Waals surface area contributed by atoms with Crippen molar-refractivity contribution >= 4 is 23.6 Å². The van der Waals surface area contributed by atoms with Crippen LogP contribution < -0.4 is 20.6 Å². The number of benzene rings is 2. The summed E-state index contributed by atoms with van der Waals surface area (Å²) in [5, 5.41) is 30.9. The smallest absolute Gasteiger partial charge is 0.292 e. The number of aryl methyl sites for hydroxylation is 1. The first-order chi connectivity index (χ1) is 20.8. The maximum atomic E-state index is 13.4. The minimum atomic E-state index is -0.568. The van der Waals surface area contributed by atoms with Crippen LogP contribution in [0, 0.1) is 17.0 Å². The topological polar surface area (TPSA) is 202 Å². The van der Waals surface area contributed by atoms with Crippen LogP contribution in [0.1, 0.15) is 52.1 Å². The molecule has 2 aromatic heterocycles. The normalized spacial score (nSPS) is 13.7. The zero-order valence-electron chi connectivity index (χ0n) is 23.6. The minimum absolute atomic E-state index is 0.0174. The first kappa shape index (κ1) is 29.1. The molecule has 16 heteroatoms. The lowest BCUT2D eigenvalue weighted by molar-refractivity contribution is -0.385. The Morgan fingerprint density at radius 1 is 1.21 bits per heavy atom. The van der Waals surface area contributed by atoms with Crippen LogP contribution in [0.4, 0.5) is 11.5 Å². The molecule has 3 N–H and O–H groups in total. The largest absolute Gasteiger partial charge is 0.496 e. The lowest BCUT2D eigenvalue weighted by atomic mass is 10.1. The lowest BCUT2D eigenvalue weighted by Crippen LogP contribution is -2.31. The predicted octanol–water partition coefficient (Wildman–Crippen LogP) is 2.79. The highest BCUT2D eigenvalue weighted by atomic mass is 16.6. The molecule has 2 aromatic carbocycles. The molecule has 5 rings (SSSR count). The van der Waals surface area contributed by atoms with Crippen molar-refractivity contribution in [1.29, 1.82) is 0 Å². The molecule has 4 aromatic rings. The number of carbonyl (C=O) groups excluding carboxylic acids is 1. The average molecular weight is 591 g/mol. The third-order valence-electron chi connectivity index (χ3n) is 6.92. The van der Waals surface area contributed by atoms with Gasteiger partial charge in [0, 0.05) is 23.7 Å². The molecule has 1 saturated heterocycles. The van der Waals surface area contributed by atoms with Crippen molar-refractivity contribution in [2.45, 2.75) is 39.3 Å². The summed E-state index contributed by atoms with van der Waals surface area (Å²) in [5.41, 5.74) is 10.8. The number of anilines is 1. The third kappa shape index (κ3) is 6.75. The van der Waals surface area contributed by atoms with Gasteiger partial charge in [0.25, 0.3) is 11.6 Å². The van der Waals surface area contributed by atoms with Crippen molar-refractivity contribution in [1.82, 2.24) is 35.6 Å². The molecular weight excluding hydrogens is 560 g/mol. The number of nitro groups is 1. The fourth-order valence-electron chi connectivity index (χ4n) is 4.76. The van der Waals surface area contributed by atoms with Crippen LogP contribution in [0.2, 0.25) is 0 Å². The summed E-state index contributed by atoms with van der Waals surface area (Å²) in [6.45, 7) is 3.99. The predicted molar refractivity (Wildman–Crippen MR) is 153 cm³/mol. The van der Waals surface area contributed by atoms with Gasteiger partial charge in [0.2, 0.25) is 11.6 Å². The Morgan fingerprint density at radius 2 is 2.02 bits per heavy atom. The van der Waals surface area contributed by atoms with Crippen LogP contribution in [-0.4, -0.2) is 67.5 Å². The second-order valence-corrected chi connectivity index (χ2v) is 9.87. The maximum Gasteiger partial charge on any atom is 0.292 e. The molecule has 0 aliphatic carbocycles. The molecule has 1 amide bonds. The molecule has 1 aliphatic heterocycles. The molecule has 224 valence electrons. The number of nitrogens with two attached hydrogens (primary N) is 1. The molecule has 0 unspecified atom stereocenters. The number of nitrogens with zero attached hydrogens (tertiary/aromatic N) is 8. The molecule has 3 heterocycles. The highest BCUT2D eigenvalue weighted by Gasteiger charge is 2.26. The Labute approximate surface area is 245 Å². The highest BCUT2D eigenvalue weighted by molar-refractivity contribution is 5.95. The van der Waals surface area contributed by atoms with E-state index >= 15 is 0 Å².